The number of benzene rings is 1. The van der Waals surface area contributed by atoms with Gasteiger partial charge >= 0.3 is 12.0 Å². The van der Waals surface area contributed by atoms with Crippen LogP contribution in [-0.2, 0) is 11.3 Å². The molecule has 2 amide bonds. The smallest absolute Gasteiger partial charge is 0.315 e. The molecule has 0 aliphatic heterocycles. The fourth-order valence-electron chi connectivity index (χ4n) is 1.74. The van der Waals surface area contributed by atoms with Gasteiger partial charge in [-0.1, -0.05) is 23.7 Å². The minimum absolute atomic E-state index is 0.0614. The van der Waals surface area contributed by atoms with Crippen LogP contribution in [0.4, 0.5) is 4.79 Å². The summed E-state index contributed by atoms with van der Waals surface area (Å²) in [4.78, 5) is 22.0. The lowest BCUT2D eigenvalue weighted by Gasteiger charge is -2.14. The molecule has 0 radical (unpaired) electrons. The van der Waals surface area contributed by atoms with Crippen molar-refractivity contribution in [2.24, 2.45) is 0 Å². The lowest BCUT2D eigenvalue weighted by atomic mass is 10.1. The van der Waals surface area contributed by atoms with E-state index in [0.717, 1.165) is 5.56 Å². The molecule has 0 bridgehead atoms. The maximum atomic E-state index is 11.6. The first-order valence-electron chi connectivity index (χ1n) is 6.48. The summed E-state index contributed by atoms with van der Waals surface area (Å²) in [6, 6.07) is 6.93. The third-order valence-electron chi connectivity index (χ3n) is 2.75. The van der Waals surface area contributed by atoms with Crippen molar-refractivity contribution in [2.45, 2.75) is 38.8 Å². The number of halogens is 1. The molecule has 1 atom stereocenters. The van der Waals surface area contributed by atoms with E-state index >= 15 is 0 Å². The van der Waals surface area contributed by atoms with E-state index < -0.39 is 5.97 Å². The van der Waals surface area contributed by atoms with E-state index in [-0.39, 0.29) is 18.5 Å². The number of carbonyl (C=O) groups is 2. The van der Waals surface area contributed by atoms with E-state index in [2.05, 4.69) is 10.6 Å². The first-order valence-corrected chi connectivity index (χ1v) is 6.86. The van der Waals surface area contributed by atoms with Crippen molar-refractivity contribution in [3.8, 4) is 0 Å². The highest BCUT2D eigenvalue weighted by Crippen LogP contribution is 2.10. The van der Waals surface area contributed by atoms with E-state index in [1.807, 2.05) is 19.1 Å². The van der Waals surface area contributed by atoms with E-state index in [9.17, 15) is 9.59 Å². The Bertz CT molecular complexity index is 465. The van der Waals surface area contributed by atoms with Crippen LogP contribution in [0.1, 0.15) is 31.7 Å². The van der Waals surface area contributed by atoms with Crippen LogP contribution in [0.25, 0.3) is 0 Å². The highest BCUT2D eigenvalue weighted by Gasteiger charge is 2.07. The number of hydrogen-bond donors (Lipinski definition) is 3. The lowest BCUT2D eigenvalue weighted by molar-refractivity contribution is -0.137. The van der Waals surface area contributed by atoms with E-state index in [0.29, 0.717) is 24.4 Å². The third-order valence-corrected chi connectivity index (χ3v) is 2.98. The second-order valence-electron chi connectivity index (χ2n) is 4.64. The van der Waals surface area contributed by atoms with Crippen molar-refractivity contribution in [1.29, 1.82) is 0 Å². The van der Waals surface area contributed by atoms with Crippen LogP contribution in [0, 0.1) is 0 Å². The van der Waals surface area contributed by atoms with Crippen LogP contribution in [0.15, 0.2) is 24.3 Å². The standard InChI is InChI=1S/C14H19ClN2O3/c1-10(4-2-7-13(18)19)17-14(20)16-9-11-5-3-6-12(15)8-11/h3,5-6,8,10H,2,4,7,9H2,1H3,(H,18,19)(H2,16,17,20). The summed E-state index contributed by atoms with van der Waals surface area (Å²) in [5.41, 5.74) is 0.922. The van der Waals surface area contributed by atoms with Crippen molar-refractivity contribution in [1.82, 2.24) is 10.6 Å². The minimum atomic E-state index is -0.817. The zero-order valence-corrected chi connectivity index (χ0v) is 12.1. The Balaban J connectivity index is 2.24. The minimum Gasteiger partial charge on any atom is -0.481 e. The lowest BCUT2D eigenvalue weighted by Crippen LogP contribution is -2.40. The predicted octanol–water partition coefficient (Wildman–Crippen LogP) is 2.78. The molecule has 110 valence electrons. The van der Waals surface area contributed by atoms with Gasteiger partial charge in [0.2, 0.25) is 0 Å². The van der Waals surface area contributed by atoms with Crippen LogP contribution in [0.5, 0.6) is 0 Å². The van der Waals surface area contributed by atoms with Gasteiger partial charge in [0.25, 0.3) is 0 Å². The molecule has 0 aliphatic rings. The first kappa shape index (κ1) is 16.3. The Morgan fingerprint density at radius 1 is 1.40 bits per heavy atom. The number of carboxylic acid groups (broad SMARTS) is 1. The summed E-state index contributed by atoms with van der Waals surface area (Å²) < 4.78 is 0. The van der Waals surface area contributed by atoms with Crippen molar-refractivity contribution in [2.75, 3.05) is 0 Å². The van der Waals surface area contributed by atoms with Gasteiger partial charge in [0.15, 0.2) is 0 Å². The molecule has 0 saturated carbocycles. The number of hydrogen-bond acceptors (Lipinski definition) is 2. The van der Waals surface area contributed by atoms with Crippen LogP contribution < -0.4 is 10.6 Å². The summed E-state index contributed by atoms with van der Waals surface area (Å²) in [6.07, 6.45) is 1.30. The summed E-state index contributed by atoms with van der Waals surface area (Å²) in [5, 5.41) is 14.7. The van der Waals surface area contributed by atoms with Crippen LogP contribution in [0.3, 0.4) is 0 Å². The molecule has 0 aliphatic carbocycles. The summed E-state index contributed by atoms with van der Waals surface area (Å²) in [5.74, 6) is -0.817. The molecule has 20 heavy (non-hydrogen) atoms. The average Bonchev–Trinajstić information content (AvgIpc) is 2.36. The molecule has 0 saturated heterocycles. The van der Waals surface area contributed by atoms with Crippen molar-refractivity contribution < 1.29 is 14.7 Å². The number of rotatable bonds is 7. The Kier molecular flexibility index (Phi) is 6.87. The van der Waals surface area contributed by atoms with Gasteiger partial charge < -0.3 is 15.7 Å². The molecule has 3 N–H and O–H groups in total. The Hall–Kier alpha value is -1.75. The topological polar surface area (TPSA) is 78.4 Å². The second kappa shape index (κ2) is 8.43. The number of nitrogens with one attached hydrogen (secondary N) is 2. The summed E-state index contributed by atoms with van der Waals surface area (Å²) >= 11 is 5.85. The predicted molar refractivity (Wildman–Crippen MR) is 77.8 cm³/mol. The van der Waals surface area contributed by atoms with Crippen molar-refractivity contribution in [3.63, 3.8) is 0 Å². The van der Waals surface area contributed by atoms with Gasteiger partial charge in [0.1, 0.15) is 0 Å². The number of carboxylic acids is 1. The molecule has 1 unspecified atom stereocenters. The highest BCUT2D eigenvalue weighted by atomic mass is 35.5. The fourth-order valence-corrected chi connectivity index (χ4v) is 1.95. The Labute approximate surface area is 123 Å². The van der Waals surface area contributed by atoms with Gasteiger partial charge in [0, 0.05) is 24.0 Å². The number of urea groups is 1. The highest BCUT2D eigenvalue weighted by molar-refractivity contribution is 6.30. The van der Waals surface area contributed by atoms with Gasteiger partial charge in [-0.3, -0.25) is 4.79 Å². The first-order chi connectivity index (χ1) is 9.47. The molecular formula is C14H19ClN2O3. The second-order valence-corrected chi connectivity index (χ2v) is 5.08. The Morgan fingerprint density at radius 3 is 2.80 bits per heavy atom. The third kappa shape index (κ3) is 6.99. The molecule has 0 aromatic heterocycles. The number of aliphatic carboxylic acids is 1. The van der Waals surface area contributed by atoms with E-state index in [1.165, 1.54) is 0 Å². The molecule has 1 rings (SSSR count). The zero-order chi connectivity index (χ0) is 15.0. The Morgan fingerprint density at radius 2 is 2.15 bits per heavy atom. The molecular weight excluding hydrogens is 280 g/mol. The molecule has 1 aromatic rings. The van der Waals surface area contributed by atoms with Gasteiger partial charge in [-0.2, -0.15) is 0 Å². The maximum Gasteiger partial charge on any atom is 0.315 e. The quantitative estimate of drug-likeness (QED) is 0.724. The number of carbonyl (C=O) groups excluding carboxylic acids is 1. The normalized spacial score (nSPS) is 11.7. The maximum absolute atomic E-state index is 11.6. The van der Waals surface area contributed by atoms with Crippen LogP contribution in [0.2, 0.25) is 5.02 Å². The SMILES string of the molecule is CC(CCCC(=O)O)NC(=O)NCc1cccc(Cl)c1. The van der Waals surface area contributed by atoms with Gasteiger partial charge in [-0.25, -0.2) is 4.79 Å². The summed E-state index contributed by atoms with van der Waals surface area (Å²) in [7, 11) is 0. The summed E-state index contributed by atoms with van der Waals surface area (Å²) in [6.45, 7) is 2.25. The van der Waals surface area contributed by atoms with Crippen molar-refractivity contribution in [3.05, 3.63) is 34.9 Å². The molecule has 0 fully saturated rings. The van der Waals surface area contributed by atoms with Gasteiger partial charge in [-0.05, 0) is 37.5 Å². The van der Waals surface area contributed by atoms with E-state index in [4.69, 9.17) is 16.7 Å². The zero-order valence-electron chi connectivity index (χ0n) is 11.4. The average molecular weight is 299 g/mol. The van der Waals surface area contributed by atoms with Gasteiger partial charge in [0.05, 0.1) is 0 Å². The van der Waals surface area contributed by atoms with Gasteiger partial charge in [-0.15, -0.1) is 0 Å². The van der Waals surface area contributed by atoms with Crippen LogP contribution in [-0.4, -0.2) is 23.1 Å². The fraction of sp³-hybridized carbons (Fsp3) is 0.429. The monoisotopic (exact) mass is 298 g/mol. The van der Waals surface area contributed by atoms with E-state index in [1.54, 1.807) is 12.1 Å². The molecule has 6 heteroatoms. The van der Waals surface area contributed by atoms with Crippen molar-refractivity contribution >= 4 is 23.6 Å². The molecule has 1 aromatic carbocycles. The molecule has 5 nitrogen and oxygen atoms in total. The molecule has 0 spiro atoms. The number of amides is 2. The largest absolute Gasteiger partial charge is 0.481 e. The van der Waals surface area contributed by atoms with Crippen LogP contribution >= 0.6 is 11.6 Å². The molecule has 0 heterocycles.